The van der Waals surface area contributed by atoms with E-state index in [-0.39, 0.29) is 6.04 Å². The molecule has 2 heterocycles. The highest BCUT2D eigenvalue weighted by Gasteiger charge is 2.16. The summed E-state index contributed by atoms with van der Waals surface area (Å²) in [6, 6.07) is 5.98. The molecule has 1 aromatic heterocycles. The number of hydrogen-bond donors (Lipinski definition) is 1. The SMILES string of the molecule is NC(c1ccc2c(c1)CCO2)c1cnns1. The Kier molecular flexibility index (Phi) is 2.34. The molecule has 1 atom stereocenters. The van der Waals surface area contributed by atoms with Crippen molar-refractivity contribution < 1.29 is 4.74 Å². The van der Waals surface area contributed by atoms with Gasteiger partial charge in [0.1, 0.15) is 5.75 Å². The van der Waals surface area contributed by atoms with Gasteiger partial charge in [0.15, 0.2) is 0 Å². The minimum absolute atomic E-state index is 0.133. The van der Waals surface area contributed by atoms with Crippen LogP contribution < -0.4 is 10.5 Å². The number of aromatic nitrogens is 2. The van der Waals surface area contributed by atoms with Gasteiger partial charge in [-0.3, -0.25) is 0 Å². The van der Waals surface area contributed by atoms with Crippen LogP contribution >= 0.6 is 11.5 Å². The summed E-state index contributed by atoms with van der Waals surface area (Å²) in [7, 11) is 0. The lowest BCUT2D eigenvalue weighted by molar-refractivity contribution is 0.357. The van der Waals surface area contributed by atoms with Gasteiger partial charge < -0.3 is 10.5 Å². The van der Waals surface area contributed by atoms with Crippen LogP contribution in [0, 0.1) is 0 Å². The highest BCUT2D eigenvalue weighted by atomic mass is 32.1. The highest BCUT2D eigenvalue weighted by molar-refractivity contribution is 7.05. The fourth-order valence-electron chi connectivity index (χ4n) is 1.88. The van der Waals surface area contributed by atoms with Gasteiger partial charge in [-0.2, -0.15) is 0 Å². The molecule has 2 aromatic rings. The summed E-state index contributed by atoms with van der Waals surface area (Å²) in [6.45, 7) is 0.774. The summed E-state index contributed by atoms with van der Waals surface area (Å²) < 4.78 is 9.29. The number of rotatable bonds is 2. The van der Waals surface area contributed by atoms with Crippen molar-refractivity contribution in [3.8, 4) is 5.75 Å². The van der Waals surface area contributed by atoms with Crippen molar-refractivity contribution in [2.24, 2.45) is 5.73 Å². The van der Waals surface area contributed by atoms with E-state index in [9.17, 15) is 0 Å². The number of fused-ring (bicyclic) bond motifs is 1. The summed E-state index contributed by atoms with van der Waals surface area (Å²) >= 11 is 1.34. The zero-order valence-corrected chi connectivity index (χ0v) is 9.41. The van der Waals surface area contributed by atoms with Gasteiger partial charge >= 0.3 is 0 Å². The van der Waals surface area contributed by atoms with Crippen molar-refractivity contribution in [1.82, 2.24) is 9.59 Å². The van der Waals surface area contributed by atoms with Crippen LogP contribution in [0.4, 0.5) is 0 Å². The molecule has 1 aliphatic heterocycles. The second-order valence-corrected chi connectivity index (χ2v) is 4.58. The summed E-state index contributed by atoms with van der Waals surface area (Å²) in [5, 5.41) is 3.81. The molecule has 2 N–H and O–H groups in total. The molecule has 0 spiro atoms. The lowest BCUT2D eigenvalue weighted by atomic mass is 10.0. The normalized spacial score (nSPS) is 15.6. The van der Waals surface area contributed by atoms with Crippen molar-refractivity contribution in [3.05, 3.63) is 40.4 Å². The minimum Gasteiger partial charge on any atom is -0.493 e. The monoisotopic (exact) mass is 233 g/mol. The van der Waals surface area contributed by atoms with Crippen LogP contribution in [0.1, 0.15) is 22.0 Å². The van der Waals surface area contributed by atoms with Crippen LogP contribution in [0.15, 0.2) is 24.4 Å². The molecule has 16 heavy (non-hydrogen) atoms. The maximum absolute atomic E-state index is 6.14. The highest BCUT2D eigenvalue weighted by Crippen LogP contribution is 2.30. The Hall–Kier alpha value is -1.46. The first-order valence-electron chi connectivity index (χ1n) is 5.13. The fraction of sp³-hybridized carbons (Fsp3) is 0.273. The Morgan fingerprint density at radius 2 is 2.38 bits per heavy atom. The van der Waals surface area contributed by atoms with E-state index in [0.29, 0.717) is 0 Å². The van der Waals surface area contributed by atoms with E-state index in [4.69, 9.17) is 10.5 Å². The molecule has 0 bridgehead atoms. The zero-order valence-electron chi connectivity index (χ0n) is 8.59. The minimum atomic E-state index is -0.133. The van der Waals surface area contributed by atoms with Crippen LogP contribution in [0.2, 0.25) is 0 Å². The average molecular weight is 233 g/mol. The van der Waals surface area contributed by atoms with Gasteiger partial charge in [-0.05, 0) is 28.7 Å². The largest absolute Gasteiger partial charge is 0.493 e. The number of nitrogens with zero attached hydrogens (tertiary/aromatic N) is 2. The first-order valence-corrected chi connectivity index (χ1v) is 5.90. The molecule has 1 aromatic carbocycles. The van der Waals surface area contributed by atoms with E-state index in [2.05, 4.69) is 15.7 Å². The van der Waals surface area contributed by atoms with Gasteiger partial charge in [-0.15, -0.1) is 5.10 Å². The second kappa shape index (κ2) is 3.84. The smallest absolute Gasteiger partial charge is 0.122 e. The Labute approximate surface area is 97.2 Å². The average Bonchev–Trinajstić information content (AvgIpc) is 2.98. The summed E-state index contributed by atoms with van der Waals surface area (Å²) in [5.74, 6) is 0.985. The van der Waals surface area contributed by atoms with E-state index < -0.39 is 0 Å². The van der Waals surface area contributed by atoms with Crippen molar-refractivity contribution in [3.63, 3.8) is 0 Å². The summed E-state index contributed by atoms with van der Waals surface area (Å²) in [4.78, 5) is 0.985. The summed E-state index contributed by atoms with van der Waals surface area (Å²) in [6.07, 6.45) is 2.69. The molecule has 1 aliphatic rings. The Morgan fingerprint density at radius 1 is 1.44 bits per heavy atom. The van der Waals surface area contributed by atoms with Crippen molar-refractivity contribution in [2.45, 2.75) is 12.5 Å². The quantitative estimate of drug-likeness (QED) is 0.854. The molecule has 0 saturated carbocycles. The molecule has 0 radical (unpaired) electrons. The number of benzene rings is 1. The fourth-order valence-corrected chi connectivity index (χ4v) is 2.41. The van der Waals surface area contributed by atoms with E-state index in [0.717, 1.165) is 29.2 Å². The zero-order chi connectivity index (χ0) is 11.0. The van der Waals surface area contributed by atoms with Crippen molar-refractivity contribution in [1.29, 1.82) is 0 Å². The lowest BCUT2D eigenvalue weighted by Gasteiger charge is -2.10. The molecule has 0 amide bonds. The molecule has 5 heteroatoms. The van der Waals surface area contributed by atoms with E-state index in [1.54, 1.807) is 6.20 Å². The molecule has 0 aliphatic carbocycles. The van der Waals surface area contributed by atoms with Crippen molar-refractivity contribution in [2.75, 3.05) is 6.61 Å². The molecule has 0 fully saturated rings. The molecule has 0 saturated heterocycles. The van der Waals surface area contributed by atoms with Crippen LogP contribution in [0.3, 0.4) is 0 Å². The third kappa shape index (κ3) is 1.58. The first-order chi connectivity index (χ1) is 7.84. The number of ether oxygens (including phenoxy) is 1. The maximum Gasteiger partial charge on any atom is 0.122 e. The molecule has 4 nitrogen and oxygen atoms in total. The molecule has 1 unspecified atom stereocenters. The van der Waals surface area contributed by atoms with Gasteiger partial charge in [0.25, 0.3) is 0 Å². The molecular weight excluding hydrogens is 222 g/mol. The topological polar surface area (TPSA) is 61.0 Å². The molecule has 82 valence electrons. The van der Waals surface area contributed by atoms with Crippen LogP contribution in [-0.2, 0) is 6.42 Å². The van der Waals surface area contributed by atoms with Gasteiger partial charge in [-0.25, -0.2) is 0 Å². The number of nitrogens with two attached hydrogens (primary N) is 1. The first kappa shape index (κ1) is 9.74. The van der Waals surface area contributed by atoms with Gasteiger partial charge in [-0.1, -0.05) is 16.6 Å². The summed E-state index contributed by atoms with van der Waals surface area (Å²) in [5.41, 5.74) is 8.48. The Morgan fingerprint density at radius 3 is 3.19 bits per heavy atom. The van der Waals surface area contributed by atoms with Crippen LogP contribution in [0.25, 0.3) is 0 Å². The third-order valence-corrected chi connectivity index (χ3v) is 3.50. The van der Waals surface area contributed by atoms with Crippen LogP contribution in [0.5, 0.6) is 5.75 Å². The second-order valence-electron chi connectivity index (χ2n) is 3.76. The lowest BCUT2D eigenvalue weighted by Crippen LogP contribution is -2.10. The van der Waals surface area contributed by atoms with E-state index >= 15 is 0 Å². The Balaban J connectivity index is 1.95. The van der Waals surface area contributed by atoms with E-state index in [1.165, 1.54) is 17.1 Å². The van der Waals surface area contributed by atoms with Crippen molar-refractivity contribution >= 4 is 11.5 Å². The number of hydrogen-bond acceptors (Lipinski definition) is 5. The predicted molar refractivity (Wildman–Crippen MR) is 61.6 cm³/mol. The molecular formula is C11H11N3OS. The molecule has 3 rings (SSSR count). The van der Waals surface area contributed by atoms with Gasteiger partial charge in [0.05, 0.1) is 23.7 Å². The van der Waals surface area contributed by atoms with Gasteiger partial charge in [0.2, 0.25) is 0 Å². The Bertz CT molecular complexity index is 498. The third-order valence-electron chi connectivity index (χ3n) is 2.76. The maximum atomic E-state index is 6.14. The van der Waals surface area contributed by atoms with Crippen LogP contribution in [-0.4, -0.2) is 16.2 Å². The van der Waals surface area contributed by atoms with Gasteiger partial charge in [0, 0.05) is 6.42 Å². The predicted octanol–water partition coefficient (Wildman–Crippen LogP) is 1.52. The van der Waals surface area contributed by atoms with E-state index in [1.807, 2.05) is 12.1 Å². The standard InChI is InChI=1S/C11H11N3OS/c12-11(10-6-13-14-16-10)8-1-2-9-7(5-8)3-4-15-9/h1-2,5-6,11H,3-4,12H2.